The molecule has 1 aromatic carbocycles. The van der Waals surface area contributed by atoms with Gasteiger partial charge in [-0.3, -0.25) is 0 Å². The summed E-state index contributed by atoms with van der Waals surface area (Å²) in [5.41, 5.74) is 0.914. The van der Waals surface area contributed by atoms with E-state index in [-0.39, 0.29) is 5.82 Å². The fourth-order valence-corrected chi connectivity index (χ4v) is 2.03. The van der Waals surface area contributed by atoms with Gasteiger partial charge in [0.15, 0.2) is 0 Å². The van der Waals surface area contributed by atoms with Crippen molar-refractivity contribution in [1.82, 2.24) is 9.55 Å². The molecule has 3 nitrogen and oxygen atoms in total. The minimum absolute atomic E-state index is 0.235. The number of hydrogen-bond acceptors (Lipinski definition) is 2. The lowest BCUT2D eigenvalue weighted by atomic mass is 10.3. The molecule has 2 aromatic rings. The second kappa shape index (κ2) is 5.82. The van der Waals surface area contributed by atoms with Crippen molar-refractivity contribution in [2.45, 2.75) is 13.0 Å². The van der Waals surface area contributed by atoms with Crippen LogP contribution in [0.3, 0.4) is 0 Å². The predicted molar refractivity (Wildman–Crippen MR) is 69.4 cm³/mol. The van der Waals surface area contributed by atoms with Gasteiger partial charge in [-0.05, 0) is 40.5 Å². The summed E-state index contributed by atoms with van der Waals surface area (Å²) in [6.07, 6.45) is 6.49. The van der Waals surface area contributed by atoms with Crippen molar-refractivity contribution in [3.05, 3.63) is 47.2 Å². The monoisotopic (exact) mass is 297 g/mol. The van der Waals surface area contributed by atoms with Gasteiger partial charge < -0.3 is 9.88 Å². The van der Waals surface area contributed by atoms with Crippen LogP contribution >= 0.6 is 15.9 Å². The van der Waals surface area contributed by atoms with Crippen LogP contribution in [0.2, 0.25) is 0 Å². The van der Waals surface area contributed by atoms with Crippen molar-refractivity contribution in [3.8, 4) is 0 Å². The summed E-state index contributed by atoms with van der Waals surface area (Å²) in [7, 11) is 0. The third kappa shape index (κ3) is 3.56. The van der Waals surface area contributed by atoms with E-state index in [4.69, 9.17) is 0 Å². The zero-order valence-electron chi connectivity index (χ0n) is 9.24. The van der Waals surface area contributed by atoms with E-state index in [1.165, 1.54) is 12.1 Å². The molecular weight excluding hydrogens is 285 g/mol. The van der Waals surface area contributed by atoms with Gasteiger partial charge in [-0.15, -0.1) is 0 Å². The molecule has 5 heteroatoms. The second-order valence-corrected chi connectivity index (χ2v) is 4.56. The van der Waals surface area contributed by atoms with Gasteiger partial charge in [0.05, 0.1) is 6.33 Å². The van der Waals surface area contributed by atoms with Crippen LogP contribution in [0.15, 0.2) is 41.4 Å². The summed E-state index contributed by atoms with van der Waals surface area (Å²) in [4.78, 5) is 3.98. The van der Waals surface area contributed by atoms with Gasteiger partial charge in [-0.25, -0.2) is 9.37 Å². The van der Waals surface area contributed by atoms with Crippen molar-refractivity contribution in [2.24, 2.45) is 0 Å². The topological polar surface area (TPSA) is 29.9 Å². The fraction of sp³-hybridized carbons (Fsp3) is 0.250. The lowest BCUT2D eigenvalue weighted by molar-refractivity contribution is 0.627. The highest BCUT2D eigenvalue weighted by atomic mass is 79.9. The molecule has 0 aliphatic heterocycles. The first-order valence-corrected chi connectivity index (χ1v) is 6.19. The molecule has 2 rings (SSSR count). The molecule has 0 aliphatic rings. The number of benzene rings is 1. The highest BCUT2D eigenvalue weighted by Gasteiger charge is 2.00. The highest BCUT2D eigenvalue weighted by molar-refractivity contribution is 9.10. The molecule has 0 aliphatic carbocycles. The largest absolute Gasteiger partial charge is 0.384 e. The molecule has 0 saturated carbocycles. The Morgan fingerprint density at radius 2 is 2.29 bits per heavy atom. The maximum atomic E-state index is 12.9. The average Bonchev–Trinajstić information content (AvgIpc) is 2.79. The van der Waals surface area contributed by atoms with Gasteiger partial charge >= 0.3 is 0 Å². The van der Waals surface area contributed by atoms with E-state index in [1.807, 2.05) is 10.8 Å². The molecule has 0 unspecified atom stereocenters. The number of nitrogens with zero attached hydrogens (tertiary/aromatic N) is 2. The number of rotatable bonds is 5. The summed E-state index contributed by atoms with van der Waals surface area (Å²) in [6.45, 7) is 1.76. The highest BCUT2D eigenvalue weighted by Crippen LogP contribution is 2.22. The van der Waals surface area contributed by atoms with Crippen molar-refractivity contribution < 1.29 is 4.39 Å². The van der Waals surface area contributed by atoms with E-state index in [1.54, 1.807) is 18.6 Å². The van der Waals surface area contributed by atoms with Crippen LogP contribution < -0.4 is 5.32 Å². The first-order chi connectivity index (χ1) is 8.25. The van der Waals surface area contributed by atoms with Crippen molar-refractivity contribution in [1.29, 1.82) is 0 Å². The molecule has 90 valence electrons. The lowest BCUT2D eigenvalue weighted by Gasteiger charge is -2.08. The fourth-order valence-electron chi connectivity index (χ4n) is 1.54. The summed E-state index contributed by atoms with van der Waals surface area (Å²) in [6, 6.07) is 4.64. The van der Waals surface area contributed by atoms with E-state index < -0.39 is 0 Å². The Hall–Kier alpha value is -1.36. The number of aryl methyl sites for hydroxylation is 1. The summed E-state index contributed by atoms with van der Waals surface area (Å²) in [5, 5.41) is 3.26. The molecule has 0 saturated heterocycles. The molecule has 0 amide bonds. The zero-order chi connectivity index (χ0) is 12.1. The Kier molecular flexibility index (Phi) is 4.14. The Labute approximate surface area is 108 Å². The molecule has 1 heterocycles. The van der Waals surface area contributed by atoms with Crippen LogP contribution in [0.1, 0.15) is 6.42 Å². The summed E-state index contributed by atoms with van der Waals surface area (Å²) in [5.74, 6) is -0.235. The molecule has 0 radical (unpaired) electrons. The molecule has 1 N–H and O–H groups in total. The smallest absolute Gasteiger partial charge is 0.124 e. The van der Waals surface area contributed by atoms with Crippen LogP contribution in [0.25, 0.3) is 0 Å². The Balaban J connectivity index is 1.78. The third-order valence-electron chi connectivity index (χ3n) is 2.40. The molecule has 0 spiro atoms. The van der Waals surface area contributed by atoms with Crippen LogP contribution in [-0.2, 0) is 6.54 Å². The minimum Gasteiger partial charge on any atom is -0.384 e. The third-order valence-corrected chi connectivity index (χ3v) is 3.05. The summed E-state index contributed by atoms with van der Waals surface area (Å²) >= 11 is 3.32. The summed E-state index contributed by atoms with van der Waals surface area (Å²) < 4.78 is 15.6. The number of nitrogens with one attached hydrogen (secondary N) is 1. The number of imidazole rings is 1. The first-order valence-electron chi connectivity index (χ1n) is 5.40. The van der Waals surface area contributed by atoms with Crippen LogP contribution in [0, 0.1) is 5.82 Å². The lowest BCUT2D eigenvalue weighted by Crippen LogP contribution is -2.06. The van der Waals surface area contributed by atoms with E-state index in [0.717, 1.165) is 29.7 Å². The van der Waals surface area contributed by atoms with Crippen LogP contribution in [-0.4, -0.2) is 16.1 Å². The Bertz CT molecular complexity index is 471. The number of halogens is 2. The molecule has 0 atom stereocenters. The standard InChI is InChI=1S/C12H13BrFN3/c13-11-8-10(14)2-3-12(11)16-4-1-6-17-7-5-15-9-17/h2-3,5,7-9,16H,1,4,6H2. The van der Waals surface area contributed by atoms with Crippen LogP contribution in [0.5, 0.6) is 0 Å². The predicted octanol–water partition coefficient (Wildman–Crippen LogP) is 3.29. The number of hydrogen-bond donors (Lipinski definition) is 1. The van der Waals surface area contributed by atoms with Crippen LogP contribution in [0.4, 0.5) is 10.1 Å². The van der Waals surface area contributed by atoms with Crippen molar-refractivity contribution in [2.75, 3.05) is 11.9 Å². The van der Waals surface area contributed by atoms with E-state index >= 15 is 0 Å². The van der Waals surface area contributed by atoms with E-state index in [2.05, 4.69) is 26.2 Å². The van der Waals surface area contributed by atoms with Gasteiger partial charge in [-0.2, -0.15) is 0 Å². The van der Waals surface area contributed by atoms with Crippen molar-refractivity contribution in [3.63, 3.8) is 0 Å². The van der Waals surface area contributed by atoms with Gasteiger partial charge in [0.2, 0.25) is 0 Å². The van der Waals surface area contributed by atoms with Gasteiger partial charge in [0, 0.05) is 35.6 Å². The molecule has 0 fully saturated rings. The number of aromatic nitrogens is 2. The average molecular weight is 298 g/mol. The van der Waals surface area contributed by atoms with Gasteiger partial charge in [0.25, 0.3) is 0 Å². The molecule has 17 heavy (non-hydrogen) atoms. The van der Waals surface area contributed by atoms with Crippen molar-refractivity contribution >= 4 is 21.6 Å². The van der Waals surface area contributed by atoms with Gasteiger partial charge in [-0.1, -0.05) is 0 Å². The quantitative estimate of drug-likeness (QED) is 0.858. The van der Waals surface area contributed by atoms with E-state index in [0.29, 0.717) is 0 Å². The maximum absolute atomic E-state index is 12.9. The van der Waals surface area contributed by atoms with E-state index in [9.17, 15) is 4.39 Å². The minimum atomic E-state index is -0.235. The zero-order valence-corrected chi connectivity index (χ0v) is 10.8. The number of anilines is 1. The SMILES string of the molecule is Fc1ccc(NCCCn2ccnc2)c(Br)c1. The Morgan fingerprint density at radius 1 is 1.41 bits per heavy atom. The molecular formula is C12H13BrFN3. The first kappa shape index (κ1) is 12.1. The maximum Gasteiger partial charge on any atom is 0.124 e. The molecule has 1 aromatic heterocycles. The Morgan fingerprint density at radius 3 is 3.00 bits per heavy atom. The molecule has 0 bridgehead atoms. The normalized spacial score (nSPS) is 10.5. The second-order valence-electron chi connectivity index (χ2n) is 3.71. The van der Waals surface area contributed by atoms with Gasteiger partial charge in [0.1, 0.15) is 5.82 Å².